The van der Waals surface area contributed by atoms with Crippen LogP contribution < -0.4 is 26.8 Å². The van der Waals surface area contributed by atoms with Gasteiger partial charge in [-0.15, -0.1) is 5.10 Å². The van der Waals surface area contributed by atoms with Crippen molar-refractivity contribution in [2.75, 3.05) is 16.0 Å². The van der Waals surface area contributed by atoms with E-state index in [1.807, 2.05) is 50.4 Å². The average molecular weight is 421 g/mol. The maximum absolute atomic E-state index is 12.0. The Morgan fingerprint density at radius 1 is 0.933 bits per heavy atom. The van der Waals surface area contributed by atoms with Gasteiger partial charge in [0.2, 0.25) is 5.95 Å². The molecule has 2 aromatic heterocycles. The van der Waals surface area contributed by atoms with Gasteiger partial charge >= 0.3 is 0 Å². The van der Waals surface area contributed by atoms with Gasteiger partial charge in [0.25, 0.3) is 10.9 Å². The zero-order chi connectivity index (χ0) is 21.3. The van der Waals surface area contributed by atoms with Crippen molar-refractivity contribution in [1.29, 1.82) is 0 Å². The molecule has 0 fully saturated rings. The molecular weight excluding hydrogens is 402 g/mol. The molecule has 4 aromatic rings. The van der Waals surface area contributed by atoms with Crippen LogP contribution in [-0.2, 0) is 0 Å². The Balaban J connectivity index is 1.50. The van der Waals surface area contributed by atoms with Gasteiger partial charge in [-0.3, -0.25) is 9.59 Å². The van der Waals surface area contributed by atoms with Crippen molar-refractivity contribution >= 4 is 40.4 Å². The first-order valence-electron chi connectivity index (χ1n) is 9.16. The molecular formula is C20H19N7O2S. The molecule has 152 valence electrons. The van der Waals surface area contributed by atoms with Crippen LogP contribution in [0.15, 0.2) is 51.5 Å². The van der Waals surface area contributed by atoms with Crippen molar-refractivity contribution < 1.29 is 0 Å². The van der Waals surface area contributed by atoms with Crippen molar-refractivity contribution in [3.05, 3.63) is 62.4 Å². The second-order valence-corrected chi connectivity index (χ2v) is 8.28. The first-order valence-corrected chi connectivity index (χ1v) is 10.00. The highest BCUT2D eigenvalue weighted by Gasteiger charge is 2.25. The molecule has 0 atom stereocenters. The highest BCUT2D eigenvalue weighted by Crippen LogP contribution is 2.24. The molecule has 2 aromatic carbocycles. The Bertz CT molecular complexity index is 1240. The molecule has 9 nitrogen and oxygen atoms in total. The summed E-state index contributed by atoms with van der Waals surface area (Å²) in [5.41, 5.74) is 1.61. The predicted octanol–water partition coefficient (Wildman–Crippen LogP) is 3.29. The number of aromatic nitrogens is 4. The Kier molecular flexibility index (Phi) is 5.00. The van der Waals surface area contributed by atoms with Crippen molar-refractivity contribution in [2.24, 2.45) is 0 Å². The Labute approximate surface area is 176 Å². The molecule has 0 radical (unpaired) electrons. The Morgan fingerprint density at radius 2 is 1.67 bits per heavy atom. The minimum Gasteiger partial charge on any atom is -0.375 e. The van der Waals surface area contributed by atoms with E-state index in [9.17, 15) is 9.59 Å². The van der Waals surface area contributed by atoms with Crippen molar-refractivity contribution in [1.82, 2.24) is 19.6 Å². The molecule has 30 heavy (non-hydrogen) atoms. The maximum Gasteiger partial charge on any atom is 0.253 e. The molecule has 0 saturated carbocycles. The number of hydrogen-bond acceptors (Lipinski definition) is 10. The predicted molar refractivity (Wildman–Crippen MR) is 119 cm³/mol. The fraction of sp³-hybridized carbons (Fsp3) is 0.200. The third kappa shape index (κ3) is 4.18. The van der Waals surface area contributed by atoms with E-state index < -0.39 is 10.9 Å². The zero-order valence-electron chi connectivity index (χ0n) is 16.6. The SMILES string of the molecule is CC(C)(C)Nc1c(Nc2ccnc(Nc3ccc(-c4csnn4)cc3)n2)c(=O)c1=O. The molecule has 0 unspecified atom stereocenters. The Hall–Kier alpha value is -3.66. The summed E-state index contributed by atoms with van der Waals surface area (Å²) < 4.78 is 3.86. The highest BCUT2D eigenvalue weighted by atomic mass is 32.1. The molecule has 0 aliphatic carbocycles. The first kappa shape index (κ1) is 19.6. The number of nitrogens with zero attached hydrogens (tertiary/aromatic N) is 4. The number of benzene rings is 1. The fourth-order valence-corrected chi connectivity index (χ4v) is 3.23. The number of nitrogens with one attached hydrogen (secondary N) is 3. The summed E-state index contributed by atoms with van der Waals surface area (Å²) in [5.74, 6) is 0.758. The van der Waals surface area contributed by atoms with Crippen LogP contribution in [0, 0.1) is 0 Å². The third-order valence-corrected chi connectivity index (χ3v) is 4.62. The van der Waals surface area contributed by atoms with Gasteiger partial charge < -0.3 is 16.0 Å². The van der Waals surface area contributed by atoms with E-state index in [-0.39, 0.29) is 16.9 Å². The van der Waals surface area contributed by atoms with E-state index >= 15 is 0 Å². The van der Waals surface area contributed by atoms with Crippen molar-refractivity contribution in [3.8, 4) is 11.3 Å². The van der Waals surface area contributed by atoms with Crippen LogP contribution in [0.5, 0.6) is 0 Å². The van der Waals surface area contributed by atoms with Crippen LogP contribution >= 0.6 is 11.5 Å². The fourth-order valence-electron chi connectivity index (χ4n) is 2.77. The molecule has 0 spiro atoms. The van der Waals surface area contributed by atoms with Gasteiger partial charge in [0.05, 0.1) is 0 Å². The van der Waals surface area contributed by atoms with Gasteiger partial charge in [0.15, 0.2) is 0 Å². The smallest absolute Gasteiger partial charge is 0.253 e. The number of anilines is 5. The van der Waals surface area contributed by atoms with E-state index in [2.05, 4.69) is 35.5 Å². The molecule has 0 aliphatic heterocycles. The van der Waals surface area contributed by atoms with Gasteiger partial charge in [-0.25, -0.2) is 4.98 Å². The zero-order valence-corrected chi connectivity index (χ0v) is 17.4. The lowest BCUT2D eigenvalue weighted by atomic mass is 10.1. The largest absolute Gasteiger partial charge is 0.375 e. The molecule has 0 aliphatic rings. The molecule has 3 N–H and O–H groups in total. The summed E-state index contributed by atoms with van der Waals surface area (Å²) in [6.45, 7) is 5.74. The summed E-state index contributed by atoms with van der Waals surface area (Å²) in [6.07, 6.45) is 1.56. The average Bonchev–Trinajstić information content (AvgIpc) is 3.25. The van der Waals surface area contributed by atoms with Gasteiger partial charge in [-0.05, 0) is 50.5 Å². The lowest BCUT2D eigenvalue weighted by Crippen LogP contribution is -2.41. The first-order chi connectivity index (χ1) is 14.3. The van der Waals surface area contributed by atoms with E-state index in [0.717, 1.165) is 16.9 Å². The third-order valence-electron chi connectivity index (χ3n) is 4.12. The Morgan fingerprint density at radius 3 is 2.33 bits per heavy atom. The normalized spacial score (nSPS) is 11.4. The van der Waals surface area contributed by atoms with E-state index in [1.165, 1.54) is 11.5 Å². The molecule has 2 heterocycles. The molecule has 0 saturated heterocycles. The van der Waals surface area contributed by atoms with Gasteiger partial charge in [0.1, 0.15) is 22.9 Å². The van der Waals surface area contributed by atoms with Crippen LogP contribution in [0.4, 0.5) is 28.8 Å². The summed E-state index contributed by atoms with van der Waals surface area (Å²) in [5, 5.41) is 15.0. The summed E-state index contributed by atoms with van der Waals surface area (Å²) in [4.78, 5) is 32.5. The quantitative estimate of drug-likeness (QED) is 0.403. The molecule has 4 rings (SSSR count). The summed E-state index contributed by atoms with van der Waals surface area (Å²) >= 11 is 1.30. The van der Waals surface area contributed by atoms with Crippen LogP contribution in [0.2, 0.25) is 0 Å². The number of rotatable bonds is 6. The van der Waals surface area contributed by atoms with Crippen LogP contribution in [0.25, 0.3) is 11.3 Å². The second-order valence-electron chi connectivity index (χ2n) is 7.67. The molecule has 0 bridgehead atoms. The molecule has 10 heteroatoms. The highest BCUT2D eigenvalue weighted by molar-refractivity contribution is 7.03. The number of hydrogen-bond donors (Lipinski definition) is 3. The van der Waals surface area contributed by atoms with E-state index in [0.29, 0.717) is 11.8 Å². The second kappa shape index (κ2) is 7.64. The van der Waals surface area contributed by atoms with E-state index in [4.69, 9.17) is 0 Å². The minimum absolute atomic E-state index is 0.209. The van der Waals surface area contributed by atoms with Crippen LogP contribution in [0.3, 0.4) is 0 Å². The van der Waals surface area contributed by atoms with Gasteiger partial charge in [0, 0.05) is 28.4 Å². The van der Waals surface area contributed by atoms with Crippen molar-refractivity contribution in [3.63, 3.8) is 0 Å². The summed E-state index contributed by atoms with van der Waals surface area (Å²) in [7, 11) is 0. The summed E-state index contributed by atoms with van der Waals surface area (Å²) in [6, 6.07) is 9.26. The standard InChI is InChI=1S/C20H19N7O2S/c1-20(2,3)25-16-15(17(28)18(16)29)23-14-8-9-21-19(24-14)22-12-6-4-11(5-7-12)13-10-30-27-26-13/h4-10,25H,1-3H3,(H2,21,22,23,24). The van der Waals surface area contributed by atoms with Crippen LogP contribution in [0.1, 0.15) is 20.8 Å². The van der Waals surface area contributed by atoms with Gasteiger partial charge in [-0.1, -0.05) is 16.6 Å². The van der Waals surface area contributed by atoms with Gasteiger partial charge in [-0.2, -0.15) is 4.98 Å². The molecule has 0 amide bonds. The minimum atomic E-state index is -0.568. The lowest BCUT2D eigenvalue weighted by molar-refractivity contribution is 0.632. The van der Waals surface area contributed by atoms with E-state index in [1.54, 1.807) is 12.3 Å². The van der Waals surface area contributed by atoms with Crippen LogP contribution in [-0.4, -0.2) is 25.1 Å². The topological polar surface area (TPSA) is 122 Å². The van der Waals surface area contributed by atoms with Crippen molar-refractivity contribution in [2.45, 2.75) is 26.3 Å². The lowest BCUT2D eigenvalue weighted by Gasteiger charge is -2.24. The maximum atomic E-state index is 12.0. The monoisotopic (exact) mass is 421 g/mol.